The molecule has 1 aliphatic heterocycles. The Labute approximate surface area is 245 Å². The maximum absolute atomic E-state index is 13.5. The number of anilines is 1. The van der Waals surface area contributed by atoms with E-state index in [2.05, 4.69) is 34.5 Å². The summed E-state index contributed by atoms with van der Waals surface area (Å²) in [5, 5.41) is 7.01. The van der Waals surface area contributed by atoms with Gasteiger partial charge < -0.3 is 29.9 Å². The molecule has 226 valence electrons. The SMILES string of the molecule is CN(C)CCOC1CCN(c2cc(C(=O)NCC3CCC(CNC(=O)OC(C)(C)C)CC3)c3ccccc3n2)CC1. The Bertz CT molecular complexity index is 1150. The van der Waals surface area contributed by atoms with Crippen LogP contribution in [0.2, 0.25) is 0 Å². The molecule has 1 aromatic carbocycles. The number of aromatic nitrogens is 1. The van der Waals surface area contributed by atoms with Crippen LogP contribution < -0.4 is 15.5 Å². The van der Waals surface area contributed by atoms with Crippen molar-refractivity contribution in [3.8, 4) is 0 Å². The van der Waals surface area contributed by atoms with Gasteiger partial charge in [0, 0.05) is 38.1 Å². The molecule has 2 amide bonds. The second-order valence-corrected chi connectivity index (χ2v) is 12.9. The summed E-state index contributed by atoms with van der Waals surface area (Å²) in [5.41, 5.74) is 1.04. The number of para-hydroxylation sites is 1. The molecule has 9 nitrogen and oxygen atoms in total. The summed E-state index contributed by atoms with van der Waals surface area (Å²) < 4.78 is 11.4. The first-order valence-electron chi connectivity index (χ1n) is 15.2. The number of amides is 2. The van der Waals surface area contributed by atoms with E-state index < -0.39 is 5.60 Å². The van der Waals surface area contributed by atoms with Crippen molar-refractivity contribution >= 4 is 28.7 Å². The van der Waals surface area contributed by atoms with E-state index in [0.29, 0.717) is 30.5 Å². The second kappa shape index (κ2) is 14.3. The first kappa shape index (κ1) is 31.0. The van der Waals surface area contributed by atoms with Gasteiger partial charge in [-0.2, -0.15) is 0 Å². The fourth-order valence-electron chi connectivity index (χ4n) is 5.68. The highest BCUT2D eigenvalue weighted by molar-refractivity contribution is 6.07. The van der Waals surface area contributed by atoms with E-state index in [1.165, 1.54) is 0 Å². The molecule has 9 heteroatoms. The van der Waals surface area contributed by atoms with Gasteiger partial charge in [0.05, 0.1) is 23.8 Å². The number of piperidine rings is 1. The van der Waals surface area contributed by atoms with Crippen LogP contribution >= 0.6 is 0 Å². The Morgan fingerprint density at radius 1 is 0.976 bits per heavy atom. The second-order valence-electron chi connectivity index (χ2n) is 12.9. The van der Waals surface area contributed by atoms with Crippen LogP contribution in [-0.4, -0.2) is 87.0 Å². The average Bonchev–Trinajstić information content (AvgIpc) is 2.94. The maximum Gasteiger partial charge on any atom is 0.407 e. The van der Waals surface area contributed by atoms with Crippen molar-refractivity contribution in [1.82, 2.24) is 20.5 Å². The highest BCUT2D eigenvalue weighted by Gasteiger charge is 2.25. The number of rotatable bonds is 10. The number of hydrogen-bond donors (Lipinski definition) is 2. The third-order valence-electron chi connectivity index (χ3n) is 8.06. The van der Waals surface area contributed by atoms with Gasteiger partial charge in [-0.15, -0.1) is 0 Å². The minimum absolute atomic E-state index is 0.0412. The molecule has 2 aliphatic rings. The minimum atomic E-state index is -0.488. The first-order chi connectivity index (χ1) is 19.6. The molecule has 2 aromatic rings. The van der Waals surface area contributed by atoms with Gasteiger partial charge in [0.1, 0.15) is 11.4 Å². The van der Waals surface area contributed by atoms with E-state index in [-0.39, 0.29) is 18.1 Å². The number of nitrogens with zero attached hydrogens (tertiary/aromatic N) is 3. The van der Waals surface area contributed by atoms with Gasteiger partial charge in [0.15, 0.2) is 0 Å². The number of likely N-dealkylation sites (N-methyl/N-ethyl adjacent to an activating group) is 1. The lowest BCUT2D eigenvalue weighted by molar-refractivity contribution is 0.0293. The van der Waals surface area contributed by atoms with Crippen molar-refractivity contribution in [2.75, 3.05) is 58.3 Å². The van der Waals surface area contributed by atoms with E-state index in [1.54, 1.807) is 0 Å². The molecule has 2 N–H and O–H groups in total. The zero-order chi connectivity index (χ0) is 29.4. The average molecular weight is 568 g/mol. The topological polar surface area (TPSA) is 96.0 Å². The van der Waals surface area contributed by atoms with E-state index in [0.717, 1.165) is 81.5 Å². The van der Waals surface area contributed by atoms with Crippen molar-refractivity contribution in [2.24, 2.45) is 11.8 Å². The van der Waals surface area contributed by atoms with Gasteiger partial charge in [-0.1, -0.05) is 18.2 Å². The highest BCUT2D eigenvalue weighted by atomic mass is 16.6. The quantitative estimate of drug-likeness (QED) is 0.424. The summed E-state index contributed by atoms with van der Waals surface area (Å²) in [6.07, 6.45) is 5.98. The lowest BCUT2D eigenvalue weighted by Crippen LogP contribution is -2.38. The highest BCUT2D eigenvalue weighted by Crippen LogP contribution is 2.29. The van der Waals surface area contributed by atoms with Gasteiger partial charge in [-0.05, 0) is 97.4 Å². The fourth-order valence-corrected chi connectivity index (χ4v) is 5.68. The zero-order valence-electron chi connectivity index (χ0n) is 25.6. The standard InChI is InChI=1S/C32H49N5O4/c1-32(2,3)41-31(39)34-22-24-12-10-23(11-13-24)21-33-30(38)27-20-29(35-28-9-7-6-8-26(27)28)37-16-14-25(15-17-37)40-19-18-36(4)5/h6-9,20,23-25H,10-19,21-22H2,1-5H3,(H,33,38)(H,34,39). The molecule has 1 aliphatic carbocycles. The Balaban J connectivity index is 1.29. The third-order valence-corrected chi connectivity index (χ3v) is 8.06. The van der Waals surface area contributed by atoms with Gasteiger partial charge in [-0.3, -0.25) is 4.79 Å². The molecular formula is C32H49N5O4. The molecule has 4 rings (SSSR count). The lowest BCUT2D eigenvalue weighted by Gasteiger charge is -2.33. The molecule has 1 aromatic heterocycles. The first-order valence-corrected chi connectivity index (χ1v) is 15.2. The van der Waals surface area contributed by atoms with Gasteiger partial charge in [0.2, 0.25) is 0 Å². The van der Waals surface area contributed by atoms with Crippen LogP contribution in [0.4, 0.5) is 10.6 Å². The Hall–Kier alpha value is -2.91. The van der Waals surface area contributed by atoms with Gasteiger partial charge in [-0.25, -0.2) is 9.78 Å². The lowest BCUT2D eigenvalue weighted by atomic mass is 9.82. The van der Waals surface area contributed by atoms with E-state index in [4.69, 9.17) is 14.5 Å². The van der Waals surface area contributed by atoms with Crippen LogP contribution in [0.1, 0.15) is 69.7 Å². The number of nitrogens with one attached hydrogen (secondary N) is 2. The molecule has 1 saturated heterocycles. The molecule has 2 fully saturated rings. The van der Waals surface area contributed by atoms with Gasteiger partial charge in [0.25, 0.3) is 5.91 Å². The molecule has 0 atom stereocenters. The smallest absolute Gasteiger partial charge is 0.407 e. The van der Waals surface area contributed by atoms with Crippen LogP contribution in [0.25, 0.3) is 10.9 Å². The third kappa shape index (κ3) is 9.57. The number of benzene rings is 1. The monoisotopic (exact) mass is 567 g/mol. The molecule has 0 radical (unpaired) electrons. The fraction of sp³-hybridized carbons (Fsp3) is 0.656. The predicted molar refractivity (Wildman–Crippen MR) is 164 cm³/mol. The van der Waals surface area contributed by atoms with E-state index >= 15 is 0 Å². The van der Waals surface area contributed by atoms with Crippen molar-refractivity contribution in [3.63, 3.8) is 0 Å². The summed E-state index contributed by atoms with van der Waals surface area (Å²) in [7, 11) is 4.12. The van der Waals surface area contributed by atoms with Crippen molar-refractivity contribution in [1.29, 1.82) is 0 Å². The van der Waals surface area contributed by atoms with Crippen LogP contribution in [0, 0.1) is 11.8 Å². The summed E-state index contributed by atoms with van der Waals surface area (Å²) >= 11 is 0. The van der Waals surface area contributed by atoms with Crippen LogP contribution in [0.15, 0.2) is 30.3 Å². The summed E-state index contributed by atoms with van der Waals surface area (Å²) in [6.45, 7) is 10.3. The van der Waals surface area contributed by atoms with Crippen molar-refractivity contribution in [3.05, 3.63) is 35.9 Å². The molecule has 1 saturated carbocycles. The Morgan fingerprint density at radius 3 is 2.24 bits per heavy atom. The largest absolute Gasteiger partial charge is 0.444 e. The summed E-state index contributed by atoms with van der Waals surface area (Å²) in [5.74, 6) is 1.71. The van der Waals surface area contributed by atoms with Crippen molar-refractivity contribution < 1.29 is 19.1 Å². The number of hydrogen-bond acceptors (Lipinski definition) is 7. The summed E-state index contributed by atoms with van der Waals surface area (Å²) in [4.78, 5) is 34.8. The predicted octanol–water partition coefficient (Wildman–Crippen LogP) is 4.84. The number of carbonyl (C=O) groups is 2. The van der Waals surface area contributed by atoms with E-state index in [1.807, 2.05) is 51.1 Å². The zero-order valence-corrected chi connectivity index (χ0v) is 25.6. The summed E-state index contributed by atoms with van der Waals surface area (Å²) in [6, 6.07) is 9.86. The van der Waals surface area contributed by atoms with Crippen molar-refractivity contribution in [2.45, 2.75) is 71.0 Å². The maximum atomic E-state index is 13.5. The Morgan fingerprint density at radius 2 is 1.61 bits per heavy atom. The van der Waals surface area contributed by atoms with Gasteiger partial charge >= 0.3 is 6.09 Å². The molecule has 0 unspecified atom stereocenters. The molecule has 41 heavy (non-hydrogen) atoms. The van der Waals surface area contributed by atoms with Crippen LogP contribution in [0.3, 0.4) is 0 Å². The molecular weight excluding hydrogens is 518 g/mol. The van der Waals surface area contributed by atoms with Crippen LogP contribution in [-0.2, 0) is 9.47 Å². The van der Waals surface area contributed by atoms with Crippen LogP contribution in [0.5, 0.6) is 0 Å². The molecule has 0 spiro atoms. The minimum Gasteiger partial charge on any atom is -0.444 e. The number of pyridine rings is 1. The van der Waals surface area contributed by atoms with E-state index in [9.17, 15) is 9.59 Å². The molecule has 0 bridgehead atoms. The molecule has 2 heterocycles. The number of alkyl carbamates (subject to hydrolysis) is 1. The Kier molecular flexibility index (Phi) is 10.8. The number of ether oxygens (including phenoxy) is 2. The number of carbonyl (C=O) groups excluding carboxylic acids is 2. The normalized spacial score (nSPS) is 20.3. The number of fused-ring (bicyclic) bond motifs is 1.